The molecule has 214 valence electrons. The van der Waals surface area contributed by atoms with Gasteiger partial charge in [0.2, 0.25) is 0 Å². The van der Waals surface area contributed by atoms with Gasteiger partial charge in [0.05, 0.1) is 12.2 Å². The lowest BCUT2D eigenvalue weighted by Gasteiger charge is -2.17. The summed E-state index contributed by atoms with van der Waals surface area (Å²) < 4.78 is 17.6. The normalized spacial score (nSPS) is 11.4. The van der Waals surface area contributed by atoms with Gasteiger partial charge in [-0.1, -0.05) is 35.7 Å². The number of fused-ring (bicyclic) bond motifs is 1. The maximum atomic E-state index is 14.4. The SMILES string of the molecule is Cc1ccc(C(=O)CCCn2c(C#N)ccc2C(=O)N[C@@H](C)c2c(F)cccc2Cl)cc1C#Cc1cnc2cccnn12. The topological polar surface area (TPSA) is 105 Å². The second-order valence-electron chi connectivity index (χ2n) is 9.94. The molecule has 3 heterocycles. The number of carbonyl (C=O) groups excluding carboxylic acids is 2. The molecule has 1 amide bonds. The number of aromatic nitrogens is 4. The molecular formula is C33H26ClFN6O2. The number of amides is 1. The van der Waals surface area contributed by atoms with Crippen LogP contribution in [0.15, 0.2) is 73.1 Å². The van der Waals surface area contributed by atoms with Crippen molar-refractivity contribution in [1.82, 2.24) is 24.5 Å². The van der Waals surface area contributed by atoms with Gasteiger partial charge in [-0.25, -0.2) is 13.9 Å². The lowest BCUT2D eigenvalue weighted by Crippen LogP contribution is -2.29. The van der Waals surface area contributed by atoms with Gasteiger partial charge in [0.25, 0.3) is 5.91 Å². The number of Topliss-reactive ketones (excluding diaryl/α,β-unsaturated/α-hetero) is 1. The van der Waals surface area contributed by atoms with Crippen LogP contribution in [0.2, 0.25) is 5.02 Å². The first-order valence-corrected chi connectivity index (χ1v) is 13.9. The lowest BCUT2D eigenvalue weighted by atomic mass is 10.0. The number of nitrogens with zero attached hydrogens (tertiary/aromatic N) is 5. The third-order valence-electron chi connectivity index (χ3n) is 7.06. The number of carbonyl (C=O) groups is 2. The molecule has 1 atom stereocenters. The summed E-state index contributed by atoms with van der Waals surface area (Å²) in [6.45, 7) is 3.82. The van der Waals surface area contributed by atoms with Crippen molar-refractivity contribution in [3.05, 3.63) is 123 Å². The van der Waals surface area contributed by atoms with Crippen molar-refractivity contribution >= 4 is 28.9 Å². The molecule has 43 heavy (non-hydrogen) atoms. The van der Waals surface area contributed by atoms with Crippen LogP contribution < -0.4 is 5.32 Å². The minimum absolute atomic E-state index is 0.0843. The first-order chi connectivity index (χ1) is 20.8. The summed E-state index contributed by atoms with van der Waals surface area (Å²) in [5.41, 5.74) is 4.20. The van der Waals surface area contributed by atoms with Crippen LogP contribution in [0.3, 0.4) is 0 Å². The van der Waals surface area contributed by atoms with E-state index in [4.69, 9.17) is 11.6 Å². The standard InChI is InChI=1S/C33H26ClFN6O2/c1-21-10-11-24(18-23(21)12-13-26-20-37-31-9-4-16-38-41(26)31)30(42)8-5-17-40-25(19-36)14-15-29(40)33(43)39-22(2)32-27(34)6-3-7-28(32)35/h3-4,6-7,9-11,14-16,18,20,22H,5,8,17H2,1-2H3,(H,39,43)/t22-/m0/s1. The highest BCUT2D eigenvalue weighted by Gasteiger charge is 2.21. The van der Waals surface area contributed by atoms with E-state index in [1.54, 1.807) is 58.7 Å². The summed E-state index contributed by atoms with van der Waals surface area (Å²) in [4.78, 5) is 30.5. The molecular weight excluding hydrogens is 567 g/mol. The van der Waals surface area contributed by atoms with E-state index in [0.29, 0.717) is 23.3 Å². The van der Waals surface area contributed by atoms with Crippen LogP contribution in [-0.2, 0) is 6.54 Å². The Bertz CT molecular complexity index is 1940. The number of benzene rings is 2. The Hall–Kier alpha value is -5.25. The fourth-order valence-electron chi connectivity index (χ4n) is 4.79. The molecule has 5 rings (SSSR count). The van der Waals surface area contributed by atoms with E-state index < -0.39 is 17.8 Å². The molecule has 0 aliphatic carbocycles. The van der Waals surface area contributed by atoms with Gasteiger partial charge in [-0.2, -0.15) is 10.4 Å². The van der Waals surface area contributed by atoms with E-state index in [-0.39, 0.29) is 40.7 Å². The number of nitriles is 1. The van der Waals surface area contributed by atoms with Gasteiger partial charge in [-0.05, 0) is 74.2 Å². The van der Waals surface area contributed by atoms with Crippen molar-refractivity contribution in [2.24, 2.45) is 0 Å². The molecule has 0 spiro atoms. The zero-order valence-electron chi connectivity index (χ0n) is 23.4. The summed E-state index contributed by atoms with van der Waals surface area (Å²) in [5.74, 6) is 5.13. The summed E-state index contributed by atoms with van der Waals surface area (Å²) in [5, 5.41) is 16.8. The summed E-state index contributed by atoms with van der Waals surface area (Å²) >= 11 is 6.16. The van der Waals surface area contributed by atoms with Gasteiger partial charge < -0.3 is 9.88 Å². The minimum atomic E-state index is -0.709. The monoisotopic (exact) mass is 592 g/mol. The largest absolute Gasteiger partial charge is 0.344 e. The quantitative estimate of drug-likeness (QED) is 0.174. The molecule has 10 heteroatoms. The van der Waals surface area contributed by atoms with Crippen LogP contribution in [0.4, 0.5) is 4.39 Å². The summed E-state index contributed by atoms with van der Waals surface area (Å²) in [7, 11) is 0. The number of imidazole rings is 1. The average Bonchev–Trinajstić information content (AvgIpc) is 3.60. The van der Waals surface area contributed by atoms with Crippen LogP contribution in [0.1, 0.15) is 74.7 Å². The fraction of sp³-hybridized carbons (Fsp3) is 0.182. The maximum Gasteiger partial charge on any atom is 0.268 e. The molecule has 3 aromatic heterocycles. The van der Waals surface area contributed by atoms with Crippen LogP contribution in [-0.4, -0.2) is 30.9 Å². The minimum Gasteiger partial charge on any atom is -0.344 e. The third kappa shape index (κ3) is 6.33. The average molecular weight is 593 g/mol. The van der Waals surface area contributed by atoms with E-state index in [2.05, 4.69) is 33.3 Å². The van der Waals surface area contributed by atoms with Crippen LogP contribution >= 0.6 is 11.6 Å². The number of nitrogens with one attached hydrogen (secondary N) is 1. The highest BCUT2D eigenvalue weighted by molar-refractivity contribution is 6.31. The smallest absolute Gasteiger partial charge is 0.268 e. The number of ketones is 1. The van der Waals surface area contributed by atoms with Crippen molar-refractivity contribution in [2.75, 3.05) is 0 Å². The molecule has 0 aliphatic heterocycles. The number of hydrogen-bond donors (Lipinski definition) is 1. The first kappa shape index (κ1) is 29.2. The molecule has 0 fully saturated rings. The molecule has 1 N–H and O–H groups in total. The van der Waals surface area contributed by atoms with E-state index >= 15 is 0 Å². The molecule has 0 saturated carbocycles. The Labute approximate surface area is 252 Å². The molecule has 0 radical (unpaired) electrons. The van der Waals surface area contributed by atoms with Crippen LogP contribution in [0.5, 0.6) is 0 Å². The lowest BCUT2D eigenvalue weighted by molar-refractivity contribution is 0.0929. The summed E-state index contributed by atoms with van der Waals surface area (Å²) in [6, 6.07) is 17.8. The Balaban J connectivity index is 1.26. The molecule has 0 aliphatic rings. The second kappa shape index (κ2) is 12.7. The molecule has 5 aromatic rings. The van der Waals surface area contributed by atoms with Gasteiger partial charge in [0, 0.05) is 40.9 Å². The zero-order chi connectivity index (χ0) is 30.5. The van der Waals surface area contributed by atoms with Gasteiger partial charge in [-0.15, -0.1) is 0 Å². The van der Waals surface area contributed by atoms with Gasteiger partial charge in [0.1, 0.15) is 29.0 Å². The predicted molar refractivity (Wildman–Crippen MR) is 160 cm³/mol. The van der Waals surface area contributed by atoms with Gasteiger partial charge in [-0.3, -0.25) is 9.59 Å². The predicted octanol–water partition coefficient (Wildman–Crippen LogP) is 6.06. The number of aryl methyl sites for hydroxylation is 1. The first-order valence-electron chi connectivity index (χ1n) is 13.6. The van der Waals surface area contributed by atoms with E-state index in [1.807, 2.05) is 19.1 Å². The summed E-state index contributed by atoms with van der Waals surface area (Å²) in [6.07, 6.45) is 3.90. The van der Waals surface area contributed by atoms with Crippen molar-refractivity contribution in [1.29, 1.82) is 5.26 Å². The second-order valence-corrected chi connectivity index (χ2v) is 10.3. The van der Waals surface area contributed by atoms with Crippen LogP contribution in [0.25, 0.3) is 5.65 Å². The zero-order valence-corrected chi connectivity index (χ0v) is 24.2. The number of hydrogen-bond acceptors (Lipinski definition) is 5. The third-order valence-corrected chi connectivity index (χ3v) is 7.39. The van der Waals surface area contributed by atoms with Gasteiger partial charge >= 0.3 is 0 Å². The van der Waals surface area contributed by atoms with E-state index in [0.717, 1.165) is 11.1 Å². The highest BCUT2D eigenvalue weighted by Crippen LogP contribution is 2.26. The Morgan fingerprint density at radius 2 is 1.93 bits per heavy atom. The molecule has 0 saturated heterocycles. The van der Waals surface area contributed by atoms with Crippen LogP contribution in [0, 0.1) is 35.9 Å². The van der Waals surface area contributed by atoms with E-state index in [1.165, 1.54) is 18.2 Å². The van der Waals surface area contributed by atoms with Crippen molar-refractivity contribution in [3.8, 4) is 17.9 Å². The fourth-order valence-corrected chi connectivity index (χ4v) is 5.12. The number of rotatable bonds is 8. The Morgan fingerprint density at radius 3 is 2.72 bits per heavy atom. The molecule has 0 bridgehead atoms. The Morgan fingerprint density at radius 1 is 1.09 bits per heavy atom. The maximum absolute atomic E-state index is 14.4. The Kier molecular flexibility index (Phi) is 8.66. The highest BCUT2D eigenvalue weighted by atomic mass is 35.5. The molecule has 8 nitrogen and oxygen atoms in total. The molecule has 2 aromatic carbocycles. The van der Waals surface area contributed by atoms with Gasteiger partial charge in [0.15, 0.2) is 11.4 Å². The van der Waals surface area contributed by atoms with E-state index in [9.17, 15) is 19.2 Å². The van der Waals surface area contributed by atoms with Crippen molar-refractivity contribution < 1.29 is 14.0 Å². The number of halogens is 2. The van der Waals surface area contributed by atoms with Crippen molar-refractivity contribution in [2.45, 2.75) is 39.3 Å². The van der Waals surface area contributed by atoms with Crippen molar-refractivity contribution in [3.63, 3.8) is 0 Å². The molecule has 0 unspecified atom stereocenters.